The molecule has 4 heterocycles. The van der Waals surface area contributed by atoms with Crippen LogP contribution in [0.5, 0.6) is 0 Å². The third-order valence-corrected chi connectivity index (χ3v) is 10.0. The molecule has 4 aromatic rings. The summed E-state index contributed by atoms with van der Waals surface area (Å²) in [6.07, 6.45) is 14.4. The van der Waals surface area contributed by atoms with Crippen LogP contribution in [0.3, 0.4) is 0 Å². The minimum Gasteiger partial charge on any atom is -0.378 e. The number of rotatable bonds is 20. The maximum absolute atomic E-state index is 13.4. The Hall–Kier alpha value is -3.26. The van der Waals surface area contributed by atoms with Gasteiger partial charge >= 0.3 is 7.82 Å². The van der Waals surface area contributed by atoms with Gasteiger partial charge in [-0.15, -0.1) is 11.3 Å². The SMILES string of the molecule is CCCCCOP(=O)(OCCCCC)OCn1cc(-c2nc(C(=O)Nc3cn([C@H]4C[C@@H](OCC)C4)nc3-c3ccccn3)cs2)cn1. The number of phosphoric ester groups is 1. The molecule has 1 aliphatic rings. The second-order valence-corrected chi connectivity index (χ2v) is 13.9. The second-order valence-electron chi connectivity index (χ2n) is 11.3. The van der Waals surface area contributed by atoms with Gasteiger partial charge in [0.05, 0.1) is 42.9 Å². The lowest BCUT2D eigenvalue weighted by Gasteiger charge is -2.34. The fraction of sp³-hybridized carbons (Fsp3) is 0.531. The van der Waals surface area contributed by atoms with Crippen molar-refractivity contribution < 1.29 is 27.7 Å². The minimum atomic E-state index is -3.75. The smallest absolute Gasteiger partial charge is 0.378 e. The molecule has 1 fully saturated rings. The van der Waals surface area contributed by atoms with Gasteiger partial charge in [-0.1, -0.05) is 45.6 Å². The van der Waals surface area contributed by atoms with Gasteiger partial charge in [0.15, 0.2) is 6.73 Å². The normalized spacial score (nSPS) is 16.3. The molecule has 1 amide bonds. The molecular weight excluding hydrogens is 641 g/mol. The van der Waals surface area contributed by atoms with Crippen LogP contribution in [-0.2, 0) is 29.6 Å². The Kier molecular flexibility index (Phi) is 12.9. The predicted octanol–water partition coefficient (Wildman–Crippen LogP) is 7.75. The number of pyridine rings is 1. The van der Waals surface area contributed by atoms with Gasteiger partial charge in [0.2, 0.25) is 0 Å². The number of ether oxygens (including phenoxy) is 1. The first-order valence-corrected chi connectivity index (χ1v) is 18.7. The molecule has 254 valence electrons. The van der Waals surface area contributed by atoms with Gasteiger partial charge in [0, 0.05) is 36.1 Å². The Morgan fingerprint density at radius 2 is 1.81 bits per heavy atom. The third-order valence-electron chi connectivity index (χ3n) is 7.69. The summed E-state index contributed by atoms with van der Waals surface area (Å²) in [6.45, 7) is 7.34. The van der Waals surface area contributed by atoms with Crippen LogP contribution in [0.25, 0.3) is 22.0 Å². The number of unbranched alkanes of at least 4 members (excludes halogenated alkanes) is 4. The van der Waals surface area contributed by atoms with Gasteiger partial charge in [-0.3, -0.25) is 28.0 Å². The van der Waals surface area contributed by atoms with Crippen LogP contribution in [0, 0.1) is 0 Å². The number of hydrogen-bond acceptors (Lipinski definition) is 11. The van der Waals surface area contributed by atoms with Crippen LogP contribution < -0.4 is 5.32 Å². The highest BCUT2D eigenvalue weighted by Crippen LogP contribution is 2.50. The van der Waals surface area contributed by atoms with E-state index < -0.39 is 7.82 Å². The molecular formula is C32H44N7O6PS. The second kappa shape index (κ2) is 17.2. The number of thiazole rings is 1. The Bertz CT molecular complexity index is 1590. The molecule has 1 aliphatic carbocycles. The quantitative estimate of drug-likeness (QED) is 0.0724. The van der Waals surface area contributed by atoms with E-state index >= 15 is 0 Å². The summed E-state index contributed by atoms with van der Waals surface area (Å²) in [5.74, 6) is -0.359. The van der Waals surface area contributed by atoms with Crippen molar-refractivity contribution in [3.8, 4) is 22.0 Å². The van der Waals surface area contributed by atoms with Gasteiger partial charge in [-0.05, 0) is 44.7 Å². The van der Waals surface area contributed by atoms with Crippen molar-refractivity contribution in [1.29, 1.82) is 0 Å². The molecule has 0 aliphatic heterocycles. The zero-order valence-corrected chi connectivity index (χ0v) is 29.0. The van der Waals surface area contributed by atoms with Crippen LogP contribution in [-0.4, -0.2) is 61.4 Å². The van der Waals surface area contributed by atoms with Gasteiger partial charge < -0.3 is 10.1 Å². The summed E-state index contributed by atoms with van der Waals surface area (Å²) < 4.78 is 39.2. The average Bonchev–Trinajstić information content (AvgIpc) is 3.83. The molecule has 4 aromatic heterocycles. The molecule has 0 aromatic carbocycles. The lowest BCUT2D eigenvalue weighted by atomic mass is 9.89. The summed E-state index contributed by atoms with van der Waals surface area (Å²) >= 11 is 1.32. The number of amides is 1. The molecule has 0 spiro atoms. The standard InChI is InChI=1S/C32H44N7O6PS/c1-4-7-11-15-43-46(41,44-16-12-8-5-2)45-23-38-20-24(19-34-38)32-36-29(22-47-32)31(40)35-28-21-39(25-17-26(18-25)42-6-3)37-30(28)27-13-9-10-14-33-27/h9-10,13-14,19-22,25-26H,4-8,11-12,15-18,23H2,1-3H3,(H,35,40)/t25-,26+. The van der Waals surface area contributed by atoms with Gasteiger partial charge in [0.25, 0.3) is 5.91 Å². The predicted molar refractivity (Wildman–Crippen MR) is 180 cm³/mol. The zero-order chi connectivity index (χ0) is 33.1. The molecule has 0 saturated heterocycles. The fourth-order valence-corrected chi connectivity index (χ4v) is 6.99. The Labute approximate surface area is 279 Å². The molecule has 47 heavy (non-hydrogen) atoms. The van der Waals surface area contributed by atoms with E-state index in [9.17, 15) is 9.36 Å². The van der Waals surface area contributed by atoms with Gasteiger partial charge in [-0.25, -0.2) is 14.2 Å². The van der Waals surface area contributed by atoms with Crippen molar-refractivity contribution in [2.45, 2.75) is 91.0 Å². The van der Waals surface area contributed by atoms with E-state index in [4.69, 9.17) is 23.4 Å². The van der Waals surface area contributed by atoms with E-state index in [1.54, 1.807) is 24.0 Å². The molecule has 0 unspecified atom stereocenters. The summed E-state index contributed by atoms with van der Waals surface area (Å²) in [5, 5.41) is 14.4. The molecule has 15 heteroatoms. The van der Waals surface area contributed by atoms with Crippen LogP contribution in [0.1, 0.15) is 88.7 Å². The van der Waals surface area contributed by atoms with Crippen LogP contribution >= 0.6 is 19.2 Å². The monoisotopic (exact) mass is 685 g/mol. The molecule has 1 saturated carbocycles. The Balaban J connectivity index is 1.22. The highest BCUT2D eigenvalue weighted by molar-refractivity contribution is 7.48. The number of carbonyl (C=O) groups is 1. The molecule has 1 N–H and O–H groups in total. The van der Waals surface area contributed by atoms with Crippen molar-refractivity contribution in [2.75, 3.05) is 25.1 Å². The van der Waals surface area contributed by atoms with Crippen LogP contribution in [0.4, 0.5) is 5.69 Å². The summed E-state index contributed by atoms with van der Waals surface area (Å²) in [4.78, 5) is 22.4. The van der Waals surface area contributed by atoms with E-state index in [1.807, 2.05) is 36.0 Å². The largest absolute Gasteiger partial charge is 0.476 e. The maximum atomic E-state index is 13.4. The molecule has 0 bridgehead atoms. The Morgan fingerprint density at radius 1 is 1.04 bits per heavy atom. The highest BCUT2D eigenvalue weighted by Gasteiger charge is 2.33. The summed E-state index contributed by atoms with van der Waals surface area (Å²) in [5.41, 5.74) is 2.77. The van der Waals surface area contributed by atoms with E-state index in [0.717, 1.165) is 51.4 Å². The molecule has 13 nitrogen and oxygen atoms in total. The van der Waals surface area contributed by atoms with Crippen molar-refractivity contribution >= 4 is 30.8 Å². The number of aromatic nitrogens is 6. The maximum Gasteiger partial charge on any atom is 0.476 e. The van der Waals surface area contributed by atoms with Crippen molar-refractivity contribution in [1.82, 2.24) is 29.5 Å². The van der Waals surface area contributed by atoms with Gasteiger partial charge in [-0.2, -0.15) is 10.2 Å². The van der Waals surface area contributed by atoms with Crippen LogP contribution in [0.2, 0.25) is 0 Å². The summed E-state index contributed by atoms with van der Waals surface area (Å²) in [7, 11) is -3.75. The van der Waals surface area contributed by atoms with Gasteiger partial charge in [0.1, 0.15) is 16.4 Å². The average molecular weight is 686 g/mol. The van der Waals surface area contributed by atoms with Crippen LogP contribution in [0.15, 0.2) is 48.4 Å². The number of anilines is 1. The molecule has 5 rings (SSSR count). The fourth-order valence-electron chi connectivity index (χ4n) is 5.03. The number of hydrogen-bond donors (Lipinski definition) is 1. The third kappa shape index (κ3) is 9.65. The first-order chi connectivity index (χ1) is 22.9. The minimum absolute atomic E-state index is 0.121. The number of carbonyl (C=O) groups excluding carboxylic acids is 1. The van der Waals surface area contributed by atoms with Crippen molar-refractivity contribution in [3.63, 3.8) is 0 Å². The van der Waals surface area contributed by atoms with E-state index in [0.29, 0.717) is 47.5 Å². The van der Waals surface area contributed by atoms with E-state index in [2.05, 4.69) is 34.2 Å². The number of nitrogens with one attached hydrogen (secondary N) is 1. The lowest BCUT2D eigenvalue weighted by molar-refractivity contribution is -0.0226. The first kappa shape index (κ1) is 35.1. The topological polar surface area (TPSA) is 145 Å². The molecule has 0 atom stereocenters. The highest BCUT2D eigenvalue weighted by atomic mass is 32.1. The summed E-state index contributed by atoms with van der Waals surface area (Å²) in [6, 6.07) is 5.79. The lowest BCUT2D eigenvalue weighted by Crippen LogP contribution is -2.33. The molecule has 0 radical (unpaired) electrons. The number of phosphoric acid groups is 1. The zero-order valence-electron chi connectivity index (χ0n) is 27.2. The van der Waals surface area contributed by atoms with E-state index in [-0.39, 0.29) is 30.5 Å². The van der Waals surface area contributed by atoms with Crippen molar-refractivity contribution in [2.24, 2.45) is 0 Å². The number of nitrogens with zero attached hydrogens (tertiary/aromatic N) is 6. The Morgan fingerprint density at radius 3 is 2.49 bits per heavy atom. The van der Waals surface area contributed by atoms with E-state index in [1.165, 1.54) is 16.0 Å². The first-order valence-electron chi connectivity index (χ1n) is 16.4. The van der Waals surface area contributed by atoms with Crippen molar-refractivity contribution in [3.05, 3.63) is 54.1 Å².